The van der Waals surface area contributed by atoms with Gasteiger partial charge in [-0.15, -0.1) is 0 Å². The first-order valence-corrected chi connectivity index (χ1v) is 7.44. The van der Waals surface area contributed by atoms with Gasteiger partial charge in [0.1, 0.15) is 11.6 Å². The van der Waals surface area contributed by atoms with Crippen LogP contribution in [0.1, 0.15) is 38.2 Å². The molecule has 0 aromatic heterocycles. The molecule has 2 atom stereocenters. The van der Waals surface area contributed by atoms with E-state index in [0.717, 1.165) is 18.4 Å². The van der Waals surface area contributed by atoms with Gasteiger partial charge in [0.15, 0.2) is 11.6 Å². The number of halogens is 1. The molecule has 21 heavy (non-hydrogen) atoms. The molecule has 3 N–H and O–H groups in total. The van der Waals surface area contributed by atoms with Crippen molar-refractivity contribution < 1.29 is 13.9 Å². The molecule has 1 amide bonds. The number of amides is 1. The summed E-state index contributed by atoms with van der Waals surface area (Å²) in [6.07, 6.45) is 2.60. The Balaban J connectivity index is 2.13. The van der Waals surface area contributed by atoms with E-state index < -0.39 is 5.54 Å². The second kappa shape index (κ2) is 6.43. The third kappa shape index (κ3) is 3.53. The Bertz CT molecular complexity index is 517. The van der Waals surface area contributed by atoms with Gasteiger partial charge in [0.05, 0.1) is 0 Å². The molecule has 1 aromatic carbocycles. The minimum atomic E-state index is -0.738. The number of aryl methyl sites for hydroxylation is 1. The molecule has 2 rings (SSSR count). The van der Waals surface area contributed by atoms with Crippen molar-refractivity contribution in [3.63, 3.8) is 0 Å². The summed E-state index contributed by atoms with van der Waals surface area (Å²) in [7, 11) is 0. The number of benzene rings is 1. The second-order valence-corrected chi connectivity index (χ2v) is 5.75. The Labute approximate surface area is 124 Å². The van der Waals surface area contributed by atoms with Crippen LogP contribution in [0.4, 0.5) is 4.39 Å². The highest BCUT2D eigenvalue weighted by atomic mass is 19.1. The zero-order chi connectivity index (χ0) is 15.5. The Morgan fingerprint density at radius 1 is 1.57 bits per heavy atom. The van der Waals surface area contributed by atoms with Gasteiger partial charge >= 0.3 is 0 Å². The van der Waals surface area contributed by atoms with Gasteiger partial charge < -0.3 is 15.8 Å². The van der Waals surface area contributed by atoms with E-state index in [9.17, 15) is 9.18 Å². The lowest BCUT2D eigenvalue weighted by Gasteiger charge is -2.39. The maximum Gasteiger partial charge on any atom is 0.237 e. The Hall–Kier alpha value is -1.62. The molecule has 1 aliphatic rings. The van der Waals surface area contributed by atoms with E-state index in [1.54, 1.807) is 12.1 Å². The van der Waals surface area contributed by atoms with Crippen molar-refractivity contribution >= 4 is 5.91 Å². The molecule has 0 spiro atoms. The second-order valence-electron chi connectivity index (χ2n) is 5.75. The molecule has 0 heterocycles. The molecule has 0 aliphatic heterocycles. The lowest BCUT2D eigenvalue weighted by Crippen LogP contribution is -2.59. The molecule has 4 nitrogen and oxygen atoms in total. The number of carbonyl (C=O) groups is 1. The molecule has 0 radical (unpaired) electrons. The van der Waals surface area contributed by atoms with Crippen LogP contribution in [0.15, 0.2) is 18.2 Å². The maximum atomic E-state index is 13.8. The fourth-order valence-electron chi connectivity index (χ4n) is 3.02. The van der Waals surface area contributed by atoms with E-state index in [-0.39, 0.29) is 23.6 Å². The van der Waals surface area contributed by atoms with Gasteiger partial charge in [-0.05, 0) is 50.4 Å². The van der Waals surface area contributed by atoms with Crippen molar-refractivity contribution in [2.75, 3.05) is 6.54 Å². The van der Waals surface area contributed by atoms with Gasteiger partial charge in [0, 0.05) is 6.42 Å². The van der Waals surface area contributed by atoms with E-state index >= 15 is 0 Å². The fraction of sp³-hybridized carbons (Fsp3) is 0.562. The summed E-state index contributed by atoms with van der Waals surface area (Å²) in [6, 6.07) is 4.79. The van der Waals surface area contributed by atoms with Crippen LogP contribution in [0, 0.1) is 12.7 Å². The predicted molar refractivity (Wildman–Crippen MR) is 79.6 cm³/mol. The lowest BCUT2D eigenvalue weighted by atomic mass is 9.79. The van der Waals surface area contributed by atoms with E-state index in [0.29, 0.717) is 19.4 Å². The normalized spacial score (nSPS) is 25.6. The van der Waals surface area contributed by atoms with Gasteiger partial charge in [-0.25, -0.2) is 4.39 Å². The number of carbonyl (C=O) groups excluding carboxylic acids is 1. The monoisotopic (exact) mass is 294 g/mol. The zero-order valence-corrected chi connectivity index (χ0v) is 12.6. The molecule has 1 aliphatic carbocycles. The lowest BCUT2D eigenvalue weighted by molar-refractivity contribution is -0.127. The highest BCUT2D eigenvalue weighted by Crippen LogP contribution is 2.32. The SMILES string of the molecule is CCNC1(C(N)=O)CCCC(Oc2cc(C)ccc2F)C1. The quantitative estimate of drug-likeness (QED) is 0.875. The molecular weight excluding hydrogens is 271 g/mol. The first-order chi connectivity index (χ1) is 9.97. The predicted octanol–water partition coefficient (Wildman–Crippen LogP) is 2.29. The van der Waals surface area contributed by atoms with Gasteiger partial charge in [0.25, 0.3) is 0 Å². The minimum absolute atomic E-state index is 0.207. The van der Waals surface area contributed by atoms with Crippen LogP contribution in [0.3, 0.4) is 0 Å². The van der Waals surface area contributed by atoms with Crippen molar-refractivity contribution in [2.24, 2.45) is 5.73 Å². The third-order valence-electron chi connectivity index (χ3n) is 4.07. The maximum absolute atomic E-state index is 13.8. The number of likely N-dealkylation sites (N-methyl/N-ethyl adjacent to an activating group) is 1. The largest absolute Gasteiger partial charge is 0.487 e. The third-order valence-corrected chi connectivity index (χ3v) is 4.07. The van der Waals surface area contributed by atoms with Crippen LogP contribution in [-0.4, -0.2) is 24.1 Å². The number of hydrogen-bond acceptors (Lipinski definition) is 3. The topological polar surface area (TPSA) is 64.3 Å². The van der Waals surface area contributed by atoms with Gasteiger partial charge in [-0.1, -0.05) is 13.0 Å². The summed E-state index contributed by atoms with van der Waals surface area (Å²) in [4.78, 5) is 11.8. The van der Waals surface area contributed by atoms with Crippen molar-refractivity contribution in [2.45, 2.75) is 51.2 Å². The summed E-state index contributed by atoms with van der Waals surface area (Å²) in [5.74, 6) is -0.488. The Kier molecular flexibility index (Phi) is 4.83. The molecular formula is C16H23FN2O2. The summed E-state index contributed by atoms with van der Waals surface area (Å²) >= 11 is 0. The first-order valence-electron chi connectivity index (χ1n) is 7.44. The molecule has 2 unspecified atom stereocenters. The van der Waals surface area contributed by atoms with Gasteiger partial charge in [-0.3, -0.25) is 4.79 Å². The number of primary amides is 1. The van der Waals surface area contributed by atoms with Crippen LogP contribution in [0.2, 0.25) is 0 Å². The number of hydrogen-bond donors (Lipinski definition) is 2. The average molecular weight is 294 g/mol. The average Bonchev–Trinajstić information content (AvgIpc) is 2.43. The summed E-state index contributed by atoms with van der Waals surface area (Å²) in [6.45, 7) is 4.49. The van der Waals surface area contributed by atoms with E-state index in [2.05, 4.69) is 5.32 Å². The van der Waals surface area contributed by atoms with Crippen LogP contribution >= 0.6 is 0 Å². The van der Waals surface area contributed by atoms with Crippen LogP contribution in [-0.2, 0) is 4.79 Å². The molecule has 5 heteroatoms. The van der Waals surface area contributed by atoms with E-state index in [1.165, 1.54) is 6.07 Å². The molecule has 0 bridgehead atoms. The Morgan fingerprint density at radius 2 is 2.33 bits per heavy atom. The smallest absolute Gasteiger partial charge is 0.237 e. The minimum Gasteiger partial charge on any atom is -0.487 e. The van der Waals surface area contributed by atoms with Crippen molar-refractivity contribution in [3.8, 4) is 5.75 Å². The van der Waals surface area contributed by atoms with Crippen molar-refractivity contribution in [1.29, 1.82) is 0 Å². The van der Waals surface area contributed by atoms with E-state index in [1.807, 2.05) is 13.8 Å². The molecule has 1 aromatic rings. The highest BCUT2D eigenvalue weighted by molar-refractivity contribution is 5.84. The van der Waals surface area contributed by atoms with Gasteiger partial charge in [-0.2, -0.15) is 0 Å². The number of ether oxygens (including phenoxy) is 1. The van der Waals surface area contributed by atoms with Crippen molar-refractivity contribution in [1.82, 2.24) is 5.32 Å². The highest BCUT2D eigenvalue weighted by Gasteiger charge is 2.41. The summed E-state index contributed by atoms with van der Waals surface area (Å²) in [5.41, 5.74) is 5.77. The molecule has 1 saturated carbocycles. The van der Waals surface area contributed by atoms with Crippen LogP contribution < -0.4 is 15.8 Å². The first kappa shape index (κ1) is 15.8. The number of nitrogens with two attached hydrogens (primary N) is 1. The fourth-order valence-corrected chi connectivity index (χ4v) is 3.02. The Morgan fingerprint density at radius 3 is 3.00 bits per heavy atom. The summed E-state index contributed by atoms with van der Waals surface area (Å²) in [5, 5.41) is 3.19. The molecule has 116 valence electrons. The van der Waals surface area contributed by atoms with Crippen LogP contribution in [0.25, 0.3) is 0 Å². The number of rotatable bonds is 5. The molecule has 1 fully saturated rings. The van der Waals surface area contributed by atoms with Gasteiger partial charge in [0.2, 0.25) is 5.91 Å². The van der Waals surface area contributed by atoms with E-state index in [4.69, 9.17) is 10.5 Å². The standard InChI is InChI=1S/C16H23FN2O2/c1-3-19-16(15(18)20)8-4-5-12(10-16)21-14-9-11(2)6-7-13(14)17/h6-7,9,12,19H,3-5,8,10H2,1-2H3,(H2,18,20). The number of nitrogens with one attached hydrogen (secondary N) is 1. The van der Waals surface area contributed by atoms with Crippen LogP contribution in [0.5, 0.6) is 5.75 Å². The summed E-state index contributed by atoms with van der Waals surface area (Å²) < 4.78 is 19.6. The van der Waals surface area contributed by atoms with Crippen molar-refractivity contribution in [3.05, 3.63) is 29.6 Å². The molecule has 0 saturated heterocycles. The zero-order valence-electron chi connectivity index (χ0n) is 12.6.